The number of amides is 3. The fourth-order valence-electron chi connectivity index (χ4n) is 6.29. The Morgan fingerprint density at radius 1 is 0.841 bits per heavy atom. The smallest absolute Gasteiger partial charge is 0.410 e. The third kappa shape index (κ3) is 8.46. The molecule has 0 unspecified atom stereocenters. The van der Waals surface area contributed by atoms with Crippen molar-refractivity contribution in [3.8, 4) is 0 Å². The number of carbonyl (C=O) groups is 4. The van der Waals surface area contributed by atoms with E-state index in [4.69, 9.17) is 9.47 Å². The van der Waals surface area contributed by atoms with Gasteiger partial charge in [-0.3, -0.25) is 4.79 Å². The van der Waals surface area contributed by atoms with Crippen LogP contribution in [0.4, 0.5) is 15.3 Å². The molecular formula is C33H51N3O7S. The Hall–Kier alpha value is -2.82. The number of nitrogens with zero attached hydrogens (tertiary/aromatic N) is 3. The van der Waals surface area contributed by atoms with Crippen molar-refractivity contribution in [3.63, 3.8) is 0 Å². The van der Waals surface area contributed by atoms with Gasteiger partial charge in [-0.15, -0.1) is 11.3 Å². The molecule has 1 aromatic rings. The number of likely N-dealkylation sites (tertiary alicyclic amines) is 2. The molecule has 2 saturated heterocycles. The summed E-state index contributed by atoms with van der Waals surface area (Å²) in [6.45, 7) is 15.7. The SMILES string of the molecule is CC(C)(C)OC(=O)N1CCC(OC(=O)N2CCC(N(c3cc(C(C)(C)C)sc3C(=O)O)C(=O)[C@H]3CC[C@H](C)CC3)CC2)CC1. The van der Waals surface area contributed by atoms with Gasteiger partial charge in [0.2, 0.25) is 5.91 Å². The number of carboxylic acids is 1. The molecule has 1 saturated carbocycles. The highest BCUT2D eigenvalue weighted by atomic mass is 32.1. The van der Waals surface area contributed by atoms with Crippen molar-refractivity contribution in [2.75, 3.05) is 31.1 Å². The van der Waals surface area contributed by atoms with Crippen LogP contribution < -0.4 is 4.90 Å². The maximum atomic E-state index is 14.2. The maximum Gasteiger partial charge on any atom is 0.410 e. The van der Waals surface area contributed by atoms with E-state index >= 15 is 0 Å². The van der Waals surface area contributed by atoms with E-state index in [-0.39, 0.29) is 46.4 Å². The summed E-state index contributed by atoms with van der Waals surface area (Å²) in [6.07, 6.45) is 4.80. The van der Waals surface area contributed by atoms with Gasteiger partial charge in [-0.05, 0) is 76.7 Å². The number of aromatic carboxylic acids is 1. The predicted octanol–water partition coefficient (Wildman–Crippen LogP) is 6.90. The van der Waals surface area contributed by atoms with Crippen LogP contribution in [0.5, 0.6) is 0 Å². The second-order valence-electron chi connectivity index (χ2n) is 14.8. The summed E-state index contributed by atoms with van der Waals surface area (Å²) < 4.78 is 11.3. The number of carboxylic acid groups (broad SMARTS) is 1. The molecule has 11 heteroatoms. The average molecular weight is 634 g/mol. The van der Waals surface area contributed by atoms with Gasteiger partial charge in [0.25, 0.3) is 0 Å². The quantitative estimate of drug-likeness (QED) is 0.375. The fourth-order valence-corrected chi connectivity index (χ4v) is 7.33. The monoisotopic (exact) mass is 633 g/mol. The minimum Gasteiger partial charge on any atom is -0.477 e. The molecule has 1 N–H and O–H groups in total. The Morgan fingerprint density at radius 2 is 1.39 bits per heavy atom. The molecule has 3 amide bonds. The van der Waals surface area contributed by atoms with Crippen molar-refractivity contribution in [2.45, 2.75) is 123 Å². The molecule has 246 valence electrons. The Morgan fingerprint density at radius 3 is 1.91 bits per heavy atom. The van der Waals surface area contributed by atoms with Crippen LogP contribution >= 0.6 is 11.3 Å². The third-order valence-electron chi connectivity index (χ3n) is 8.96. The molecule has 1 aromatic heterocycles. The molecule has 0 bridgehead atoms. The number of hydrogen-bond donors (Lipinski definition) is 1. The van der Waals surface area contributed by atoms with Crippen molar-refractivity contribution < 1.29 is 33.8 Å². The van der Waals surface area contributed by atoms with E-state index in [9.17, 15) is 24.3 Å². The zero-order valence-corrected chi connectivity index (χ0v) is 28.3. The molecule has 0 aromatic carbocycles. The first-order valence-electron chi connectivity index (χ1n) is 16.2. The molecule has 10 nitrogen and oxygen atoms in total. The second kappa shape index (κ2) is 13.7. The molecule has 2 aliphatic heterocycles. The van der Waals surface area contributed by atoms with Crippen LogP contribution in [-0.4, -0.2) is 82.9 Å². The van der Waals surface area contributed by atoms with Crippen molar-refractivity contribution in [1.82, 2.24) is 9.80 Å². The molecule has 0 atom stereocenters. The first-order chi connectivity index (χ1) is 20.5. The van der Waals surface area contributed by atoms with E-state index in [1.807, 2.05) is 26.8 Å². The molecular weight excluding hydrogens is 582 g/mol. The normalized spacial score (nSPS) is 22.4. The van der Waals surface area contributed by atoms with Crippen LogP contribution in [0.1, 0.15) is 114 Å². The topological polar surface area (TPSA) is 117 Å². The number of rotatable bonds is 5. The minimum absolute atomic E-state index is 0.00966. The fraction of sp³-hybridized carbons (Fsp3) is 0.758. The van der Waals surface area contributed by atoms with E-state index < -0.39 is 11.6 Å². The zero-order valence-electron chi connectivity index (χ0n) is 27.5. The average Bonchev–Trinajstić information content (AvgIpc) is 3.39. The van der Waals surface area contributed by atoms with E-state index in [1.54, 1.807) is 14.7 Å². The first-order valence-corrected chi connectivity index (χ1v) is 17.0. The highest BCUT2D eigenvalue weighted by Crippen LogP contribution is 2.41. The zero-order chi connectivity index (χ0) is 32.4. The number of ether oxygens (including phenoxy) is 2. The minimum atomic E-state index is -1.02. The summed E-state index contributed by atoms with van der Waals surface area (Å²) in [4.78, 5) is 58.3. The van der Waals surface area contributed by atoms with Gasteiger partial charge in [0.15, 0.2) is 0 Å². The van der Waals surface area contributed by atoms with Crippen molar-refractivity contribution in [1.29, 1.82) is 0 Å². The Labute approximate surface area is 266 Å². The van der Waals surface area contributed by atoms with Crippen LogP contribution in [-0.2, 0) is 19.7 Å². The Balaban J connectivity index is 1.42. The van der Waals surface area contributed by atoms with Crippen LogP contribution in [0.15, 0.2) is 6.07 Å². The third-order valence-corrected chi connectivity index (χ3v) is 10.5. The highest BCUT2D eigenvalue weighted by molar-refractivity contribution is 7.14. The van der Waals surface area contributed by atoms with Gasteiger partial charge >= 0.3 is 18.2 Å². The van der Waals surface area contributed by atoms with Gasteiger partial charge in [0, 0.05) is 55.9 Å². The highest BCUT2D eigenvalue weighted by Gasteiger charge is 2.39. The summed E-state index contributed by atoms with van der Waals surface area (Å²) in [5.74, 6) is -0.542. The number of carbonyl (C=O) groups excluding carboxylic acids is 3. The number of thiophene rings is 1. The van der Waals surface area contributed by atoms with Gasteiger partial charge in [0.05, 0.1) is 5.69 Å². The van der Waals surface area contributed by atoms with Gasteiger partial charge < -0.3 is 29.3 Å². The van der Waals surface area contributed by atoms with Crippen LogP contribution in [0.3, 0.4) is 0 Å². The summed E-state index contributed by atoms with van der Waals surface area (Å²) in [6, 6.07) is 1.70. The van der Waals surface area contributed by atoms with Gasteiger partial charge in [-0.2, -0.15) is 0 Å². The lowest BCUT2D eigenvalue weighted by Crippen LogP contribution is -2.51. The van der Waals surface area contributed by atoms with Crippen molar-refractivity contribution >= 4 is 41.1 Å². The second-order valence-corrected chi connectivity index (χ2v) is 15.9. The molecule has 0 spiro atoms. The molecule has 4 rings (SSSR count). The van der Waals surface area contributed by atoms with Crippen molar-refractivity contribution in [3.05, 3.63) is 15.8 Å². The standard InChI is InChI=1S/C33H51N3O7S/c1-21-8-10-22(11-9-21)28(37)36(25-20-26(32(2,3)4)44-27(25)29(38)39)23-12-16-34(17-13-23)30(40)42-24-14-18-35(19-15-24)31(41)43-33(5,6)7/h20-24H,8-19H2,1-7H3,(H,38,39)/t21-,22-. The molecule has 3 heterocycles. The molecule has 1 aliphatic carbocycles. The number of hydrogen-bond acceptors (Lipinski definition) is 7. The van der Waals surface area contributed by atoms with Gasteiger partial charge in [0.1, 0.15) is 16.6 Å². The van der Waals surface area contributed by atoms with Crippen LogP contribution in [0.2, 0.25) is 0 Å². The summed E-state index contributed by atoms with van der Waals surface area (Å²) >= 11 is 1.25. The van der Waals surface area contributed by atoms with Crippen LogP contribution in [0.25, 0.3) is 0 Å². The number of piperidine rings is 2. The van der Waals surface area contributed by atoms with E-state index in [2.05, 4.69) is 27.7 Å². The van der Waals surface area contributed by atoms with Crippen molar-refractivity contribution in [2.24, 2.45) is 11.8 Å². The number of anilines is 1. The van der Waals surface area contributed by atoms with E-state index in [1.165, 1.54) is 11.3 Å². The predicted molar refractivity (Wildman–Crippen MR) is 170 cm³/mol. The largest absolute Gasteiger partial charge is 0.477 e. The van der Waals surface area contributed by atoms with Gasteiger partial charge in [-0.1, -0.05) is 27.7 Å². The summed E-state index contributed by atoms with van der Waals surface area (Å²) in [5, 5.41) is 10.2. The van der Waals surface area contributed by atoms with E-state index in [0.717, 1.165) is 30.6 Å². The summed E-state index contributed by atoms with van der Waals surface area (Å²) in [5.41, 5.74) is -0.318. The van der Waals surface area contributed by atoms with Crippen LogP contribution in [0, 0.1) is 11.8 Å². The van der Waals surface area contributed by atoms with Gasteiger partial charge in [-0.25, -0.2) is 14.4 Å². The lowest BCUT2D eigenvalue weighted by molar-refractivity contribution is -0.124. The van der Waals surface area contributed by atoms with E-state index in [0.29, 0.717) is 63.5 Å². The molecule has 44 heavy (non-hydrogen) atoms. The first kappa shape index (κ1) is 34.1. The Bertz CT molecular complexity index is 1190. The Kier molecular flexibility index (Phi) is 10.6. The molecule has 0 radical (unpaired) electrons. The summed E-state index contributed by atoms with van der Waals surface area (Å²) in [7, 11) is 0. The lowest BCUT2D eigenvalue weighted by Gasteiger charge is -2.41. The molecule has 3 fully saturated rings. The lowest BCUT2D eigenvalue weighted by atomic mass is 9.82. The maximum absolute atomic E-state index is 14.2. The molecule has 3 aliphatic rings.